The molecule has 10 nitrogen and oxygen atoms in total. The maximum absolute atomic E-state index is 12.9. The zero-order chi connectivity index (χ0) is 27.2. The molecule has 3 heterocycles. The second-order valence-corrected chi connectivity index (χ2v) is 11.9. The number of rotatable bonds is 4. The second kappa shape index (κ2) is 8.91. The molecule has 206 valence electrons. The van der Waals surface area contributed by atoms with Crippen LogP contribution >= 0.6 is 11.6 Å². The highest BCUT2D eigenvalue weighted by molar-refractivity contribution is 6.23. The normalized spacial score (nSPS) is 52.0. The van der Waals surface area contributed by atoms with Gasteiger partial charge in [0.25, 0.3) is 0 Å². The molecule has 5 fully saturated rings. The Kier molecular flexibility index (Phi) is 6.47. The van der Waals surface area contributed by atoms with Gasteiger partial charge in [0.15, 0.2) is 11.7 Å². The van der Waals surface area contributed by atoms with E-state index in [0.717, 1.165) is 0 Å². The van der Waals surface area contributed by atoms with Gasteiger partial charge in [0.2, 0.25) is 0 Å². The molecule has 5 aliphatic rings. The quantitative estimate of drug-likeness (QED) is 0.175. The fourth-order valence-corrected chi connectivity index (χ4v) is 7.53. The van der Waals surface area contributed by atoms with E-state index in [4.69, 9.17) is 35.3 Å². The number of alkyl halides is 1. The molecule has 2 N–H and O–H groups in total. The van der Waals surface area contributed by atoms with Gasteiger partial charge in [-0.3, -0.25) is 14.4 Å². The van der Waals surface area contributed by atoms with Crippen molar-refractivity contribution in [1.29, 1.82) is 0 Å². The van der Waals surface area contributed by atoms with Crippen LogP contribution in [0.15, 0.2) is 12.2 Å². The van der Waals surface area contributed by atoms with Gasteiger partial charge in [-0.05, 0) is 18.9 Å². The first-order valence-electron chi connectivity index (χ1n) is 12.9. The van der Waals surface area contributed by atoms with E-state index in [1.165, 1.54) is 13.8 Å². The molecule has 2 saturated carbocycles. The summed E-state index contributed by atoms with van der Waals surface area (Å²) in [5.41, 5.74) is -2.86. The van der Waals surface area contributed by atoms with Crippen LogP contribution in [0.4, 0.5) is 0 Å². The van der Waals surface area contributed by atoms with Crippen molar-refractivity contribution in [3.63, 3.8) is 0 Å². The van der Waals surface area contributed by atoms with E-state index in [9.17, 15) is 24.6 Å². The van der Waals surface area contributed by atoms with Crippen LogP contribution in [-0.2, 0) is 38.1 Å². The summed E-state index contributed by atoms with van der Waals surface area (Å²) in [5, 5.41) is 23.0. The number of hydrogen-bond acceptors (Lipinski definition) is 10. The number of carbonyl (C=O) groups excluding carboxylic acids is 3. The first-order valence-corrected chi connectivity index (χ1v) is 13.3. The van der Waals surface area contributed by atoms with Crippen molar-refractivity contribution in [3.05, 3.63) is 12.2 Å². The molecular weight excluding hydrogens is 508 g/mol. The fraction of sp³-hybridized carbons (Fsp3) is 0.808. The van der Waals surface area contributed by atoms with Crippen molar-refractivity contribution in [2.45, 2.75) is 107 Å². The summed E-state index contributed by atoms with van der Waals surface area (Å²) in [6.07, 6.45) is -6.05. The highest BCUT2D eigenvalue weighted by atomic mass is 35.5. The number of carbonyl (C=O) groups is 3. The van der Waals surface area contributed by atoms with E-state index in [1.54, 1.807) is 6.92 Å². The van der Waals surface area contributed by atoms with Crippen molar-refractivity contribution in [3.8, 4) is 0 Å². The Hall–Kier alpha value is -1.72. The van der Waals surface area contributed by atoms with Gasteiger partial charge in [-0.1, -0.05) is 27.4 Å². The largest absolute Gasteiger partial charge is 0.459 e. The smallest absolute Gasteiger partial charge is 0.312 e. The van der Waals surface area contributed by atoms with Crippen LogP contribution in [-0.4, -0.2) is 87.9 Å². The van der Waals surface area contributed by atoms with Crippen molar-refractivity contribution in [1.82, 2.24) is 0 Å². The molecule has 0 aromatic rings. The second-order valence-electron chi connectivity index (χ2n) is 11.4. The van der Waals surface area contributed by atoms with Crippen molar-refractivity contribution < 1.29 is 48.3 Å². The first kappa shape index (κ1) is 26.9. The van der Waals surface area contributed by atoms with Crippen molar-refractivity contribution >= 4 is 29.5 Å². The minimum atomic E-state index is -2.08. The maximum Gasteiger partial charge on any atom is 0.312 e. The summed E-state index contributed by atoms with van der Waals surface area (Å²) in [7, 11) is 0. The molecule has 0 amide bonds. The zero-order valence-electron chi connectivity index (χ0n) is 21.6. The summed E-state index contributed by atoms with van der Waals surface area (Å²) < 4.78 is 29.2. The Labute approximate surface area is 220 Å². The molecule has 0 spiro atoms. The van der Waals surface area contributed by atoms with Crippen LogP contribution in [0.2, 0.25) is 0 Å². The number of ether oxygens (including phenoxy) is 5. The van der Waals surface area contributed by atoms with Crippen LogP contribution in [0, 0.1) is 23.2 Å². The number of fused-ring (bicyclic) bond motifs is 5. The maximum atomic E-state index is 12.9. The van der Waals surface area contributed by atoms with Crippen molar-refractivity contribution in [2.24, 2.45) is 23.2 Å². The Morgan fingerprint density at radius 3 is 2.46 bits per heavy atom. The minimum absolute atomic E-state index is 0.220. The summed E-state index contributed by atoms with van der Waals surface area (Å²) in [6.45, 7) is 12.2. The molecule has 0 radical (unpaired) electrons. The Bertz CT molecular complexity index is 1020. The molecule has 3 saturated heterocycles. The highest BCUT2D eigenvalue weighted by Gasteiger charge is 2.77. The van der Waals surface area contributed by atoms with Gasteiger partial charge >= 0.3 is 17.9 Å². The molecule has 14 atom stereocenters. The number of epoxide rings is 2. The lowest BCUT2D eigenvalue weighted by Crippen LogP contribution is -2.69. The molecule has 0 aromatic heterocycles. The predicted octanol–water partition coefficient (Wildman–Crippen LogP) is 1.27. The fourth-order valence-electron chi connectivity index (χ4n) is 7.15. The van der Waals surface area contributed by atoms with Crippen molar-refractivity contribution in [2.75, 3.05) is 0 Å². The Morgan fingerprint density at radius 1 is 1.16 bits per heavy atom. The van der Waals surface area contributed by atoms with E-state index in [-0.39, 0.29) is 6.42 Å². The summed E-state index contributed by atoms with van der Waals surface area (Å²) in [5.74, 6) is -4.32. The van der Waals surface area contributed by atoms with Crippen LogP contribution in [0.25, 0.3) is 0 Å². The minimum Gasteiger partial charge on any atom is -0.459 e. The van der Waals surface area contributed by atoms with Gasteiger partial charge in [0.05, 0.1) is 23.5 Å². The average molecular weight is 543 g/mol. The molecule has 3 aliphatic heterocycles. The number of aliphatic hydroxyl groups is 2. The predicted molar refractivity (Wildman–Crippen MR) is 127 cm³/mol. The number of hydrogen-bond donors (Lipinski definition) is 2. The van der Waals surface area contributed by atoms with E-state index in [0.29, 0.717) is 12.0 Å². The molecular formula is C26H35ClO10. The molecule has 2 aliphatic carbocycles. The highest BCUT2D eigenvalue weighted by Crippen LogP contribution is 2.63. The third kappa shape index (κ3) is 3.77. The topological polar surface area (TPSA) is 144 Å². The Balaban J connectivity index is 1.67. The Morgan fingerprint density at radius 2 is 1.84 bits per heavy atom. The summed E-state index contributed by atoms with van der Waals surface area (Å²) in [6, 6.07) is 0. The lowest BCUT2D eigenvalue weighted by molar-refractivity contribution is -0.223. The first-order chi connectivity index (χ1) is 17.3. The number of aliphatic hydroxyl groups excluding tert-OH is 1. The molecule has 37 heavy (non-hydrogen) atoms. The van der Waals surface area contributed by atoms with Gasteiger partial charge < -0.3 is 33.9 Å². The average Bonchev–Trinajstić information content (AvgIpc) is 3.75. The van der Waals surface area contributed by atoms with Gasteiger partial charge in [-0.25, -0.2) is 0 Å². The van der Waals surface area contributed by atoms with Crippen LogP contribution < -0.4 is 0 Å². The summed E-state index contributed by atoms with van der Waals surface area (Å²) in [4.78, 5) is 37.9. The number of esters is 3. The standard InChI is InChI=1S/C26H35ClO10/c1-7-8-13(29)34-16-9(2)14-21(33-12(5)28)26(32)11(4)24(31)37-22(26)15(27)10(3)17-18(35-17)20(30)25(14,6)23-19(16)36-23/h9,11,14-23,30,32H,3,7-8H2,1-2,4-6H3/t9-,11+,14-,15+,16?,17-,18-,19+,20-,21-,22+,23+,25+,26-/m1/s1. The van der Waals surface area contributed by atoms with E-state index in [2.05, 4.69) is 6.58 Å². The van der Waals surface area contributed by atoms with Gasteiger partial charge in [0, 0.05) is 30.6 Å². The molecule has 0 bridgehead atoms. The SMILES string of the molecule is C=C1[C@H]2O[C@H]2[C@@H](O)[C@]2(C)[C@@H]([C@@H](OC(C)=O)[C@]3(O)[C@@H](C)C(=O)O[C@H]3[C@H]1Cl)[C@@H](C)C(OC(=O)CCC)[C@@H]1O[C@@H]12. The zero-order valence-corrected chi connectivity index (χ0v) is 22.3. The van der Waals surface area contributed by atoms with E-state index in [1.807, 2.05) is 13.8 Å². The van der Waals surface area contributed by atoms with Crippen LogP contribution in [0.3, 0.4) is 0 Å². The van der Waals surface area contributed by atoms with E-state index >= 15 is 0 Å². The van der Waals surface area contributed by atoms with Gasteiger partial charge in [-0.15, -0.1) is 11.6 Å². The number of halogens is 1. The lowest BCUT2D eigenvalue weighted by atomic mass is 9.53. The summed E-state index contributed by atoms with van der Waals surface area (Å²) >= 11 is 6.74. The van der Waals surface area contributed by atoms with Crippen LogP contribution in [0.5, 0.6) is 0 Å². The van der Waals surface area contributed by atoms with E-state index < -0.39 is 101 Å². The molecule has 1 unspecified atom stereocenters. The molecule has 5 rings (SSSR count). The van der Waals surface area contributed by atoms with Gasteiger partial charge in [0.1, 0.15) is 30.5 Å². The molecule has 11 heteroatoms. The third-order valence-corrected chi connectivity index (χ3v) is 9.78. The third-order valence-electron chi connectivity index (χ3n) is 9.27. The van der Waals surface area contributed by atoms with Crippen LogP contribution in [0.1, 0.15) is 47.5 Å². The van der Waals surface area contributed by atoms with Gasteiger partial charge in [-0.2, -0.15) is 0 Å². The monoisotopic (exact) mass is 542 g/mol. The lowest BCUT2D eigenvalue weighted by Gasteiger charge is -2.54. The molecule has 0 aromatic carbocycles.